The van der Waals surface area contributed by atoms with Gasteiger partial charge in [0.1, 0.15) is 22.3 Å². The first kappa shape index (κ1) is 28.8. The molecule has 0 radical (unpaired) electrons. The molecule has 0 fully saturated rings. The van der Waals surface area contributed by atoms with Gasteiger partial charge in [-0.1, -0.05) is 103 Å². The summed E-state index contributed by atoms with van der Waals surface area (Å²) in [5, 5.41) is 6.73. The van der Waals surface area contributed by atoms with E-state index in [-0.39, 0.29) is 0 Å². The van der Waals surface area contributed by atoms with Crippen LogP contribution in [0.25, 0.3) is 82.5 Å². The van der Waals surface area contributed by atoms with Crippen molar-refractivity contribution in [1.82, 2.24) is 4.57 Å². The lowest BCUT2D eigenvalue weighted by Crippen LogP contribution is -2.10. The predicted octanol–water partition coefficient (Wildman–Crippen LogP) is 13.7. The summed E-state index contributed by atoms with van der Waals surface area (Å²) in [6.45, 7) is 0. The van der Waals surface area contributed by atoms with E-state index in [4.69, 9.17) is 8.83 Å². The van der Waals surface area contributed by atoms with Crippen LogP contribution in [-0.4, -0.2) is 4.57 Å². The lowest BCUT2D eigenvalue weighted by Gasteiger charge is -2.27. The summed E-state index contributed by atoms with van der Waals surface area (Å²) in [5.41, 5.74) is 12.2. The second-order valence-electron chi connectivity index (χ2n) is 13.3. The molecule has 11 aromatic rings. The Kier molecular flexibility index (Phi) is 6.22. The third-order valence-corrected chi connectivity index (χ3v) is 10.4. The Morgan fingerprint density at radius 1 is 0.404 bits per heavy atom. The van der Waals surface area contributed by atoms with Crippen molar-refractivity contribution >= 4 is 82.7 Å². The van der Waals surface area contributed by atoms with Crippen molar-refractivity contribution in [3.8, 4) is 16.8 Å². The van der Waals surface area contributed by atoms with E-state index >= 15 is 0 Å². The number of hydrogen-bond acceptors (Lipinski definition) is 3. The van der Waals surface area contributed by atoms with Gasteiger partial charge in [-0.05, 0) is 78.4 Å². The maximum atomic E-state index is 6.74. The van der Waals surface area contributed by atoms with Crippen molar-refractivity contribution in [3.63, 3.8) is 0 Å². The molecule has 0 saturated carbocycles. The summed E-state index contributed by atoms with van der Waals surface area (Å²) in [5.74, 6) is 0. The van der Waals surface area contributed by atoms with Crippen LogP contribution in [-0.2, 0) is 0 Å². The number of para-hydroxylation sites is 4. The molecule has 52 heavy (non-hydrogen) atoms. The minimum absolute atomic E-state index is 0.847. The average Bonchev–Trinajstić information content (AvgIpc) is 3.88. The number of benzene rings is 8. The predicted molar refractivity (Wildman–Crippen MR) is 215 cm³/mol. The summed E-state index contributed by atoms with van der Waals surface area (Å²) >= 11 is 0. The minimum Gasteiger partial charge on any atom is -0.456 e. The fraction of sp³-hybridized carbons (Fsp3) is 0. The van der Waals surface area contributed by atoms with Crippen LogP contribution in [0.1, 0.15) is 0 Å². The molecule has 0 spiro atoms. The average molecular weight is 667 g/mol. The van der Waals surface area contributed by atoms with Crippen LogP contribution < -0.4 is 4.90 Å². The highest BCUT2D eigenvalue weighted by Gasteiger charge is 2.24. The van der Waals surface area contributed by atoms with E-state index in [2.05, 4.69) is 173 Å². The lowest BCUT2D eigenvalue weighted by atomic mass is 9.99. The molecular formula is C48H30N2O2. The zero-order valence-electron chi connectivity index (χ0n) is 28.0. The second kappa shape index (κ2) is 11.2. The zero-order chi connectivity index (χ0) is 34.2. The largest absolute Gasteiger partial charge is 0.456 e. The number of nitrogens with zero attached hydrogens (tertiary/aromatic N) is 2. The normalized spacial score (nSPS) is 11.8. The summed E-state index contributed by atoms with van der Waals surface area (Å²) in [6.07, 6.45) is 0. The zero-order valence-corrected chi connectivity index (χ0v) is 28.0. The van der Waals surface area contributed by atoms with Crippen LogP contribution in [0.3, 0.4) is 0 Å². The number of aromatic nitrogens is 1. The highest BCUT2D eigenvalue weighted by molar-refractivity contribution is 6.18. The number of fused-ring (bicyclic) bond motifs is 9. The number of rotatable bonds is 5. The lowest BCUT2D eigenvalue weighted by molar-refractivity contribution is 0.669. The van der Waals surface area contributed by atoms with Crippen LogP contribution in [0.4, 0.5) is 17.1 Å². The fourth-order valence-corrected chi connectivity index (χ4v) is 8.08. The summed E-state index contributed by atoms with van der Waals surface area (Å²) < 4.78 is 15.6. The van der Waals surface area contributed by atoms with E-state index in [0.29, 0.717) is 0 Å². The molecule has 0 bridgehead atoms. The van der Waals surface area contributed by atoms with Gasteiger partial charge in [-0.15, -0.1) is 0 Å². The van der Waals surface area contributed by atoms with Gasteiger partial charge in [-0.25, -0.2) is 0 Å². The van der Waals surface area contributed by atoms with Crippen molar-refractivity contribution in [2.75, 3.05) is 4.90 Å². The molecule has 4 heteroatoms. The molecule has 0 N–H and O–H groups in total. The Bertz CT molecular complexity index is 3130. The first-order valence-corrected chi connectivity index (χ1v) is 17.6. The smallest absolute Gasteiger partial charge is 0.145 e. The van der Waals surface area contributed by atoms with Gasteiger partial charge in [-0.2, -0.15) is 0 Å². The molecule has 4 nitrogen and oxygen atoms in total. The molecule has 0 aliphatic carbocycles. The highest BCUT2D eigenvalue weighted by atomic mass is 16.3. The van der Waals surface area contributed by atoms with Gasteiger partial charge >= 0.3 is 0 Å². The van der Waals surface area contributed by atoms with Gasteiger partial charge in [0.15, 0.2) is 0 Å². The van der Waals surface area contributed by atoms with Crippen LogP contribution in [0, 0.1) is 0 Å². The number of anilines is 3. The maximum absolute atomic E-state index is 6.74. The highest BCUT2D eigenvalue weighted by Crippen LogP contribution is 2.48. The minimum atomic E-state index is 0.847. The quantitative estimate of drug-likeness (QED) is 0.183. The molecular weight excluding hydrogens is 637 g/mol. The Labute approximate surface area is 299 Å². The van der Waals surface area contributed by atoms with E-state index in [1.807, 2.05) is 18.2 Å². The molecule has 0 saturated heterocycles. The van der Waals surface area contributed by atoms with Crippen LogP contribution in [0.5, 0.6) is 0 Å². The van der Waals surface area contributed by atoms with E-state index in [0.717, 1.165) is 83.3 Å². The van der Waals surface area contributed by atoms with Gasteiger partial charge in [0.25, 0.3) is 0 Å². The Hall–Kier alpha value is -7.04. The van der Waals surface area contributed by atoms with Crippen molar-refractivity contribution < 1.29 is 8.83 Å². The third-order valence-electron chi connectivity index (χ3n) is 10.4. The van der Waals surface area contributed by atoms with Gasteiger partial charge in [0.2, 0.25) is 0 Å². The molecule has 0 aliphatic heterocycles. The molecule has 0 atom stereocenters. The summed E-state index contributed by atoms with van der Waals surface area (Å²) in [7, 11) is 0. The van der Waals surface area contributed by atoms with E-state index in [9.17, 15) is 0 Å². The van der Waals surface area contributed by atoms with Gasteiger partial charge in [0, 0.05) is 55.6 Å². The van der Waals surface area contributed by atoms with E-state index < -0.39 is 0 Å². The number of hydrogen-bond donors (Lipinski definition) is 0. The molecule has 3 aromatic heterocycles. The van der Waals surface area contributed by atoms with Crippen molar-refractivity contribution in [2.45, 2.75) is 0 Å². The molecule has 8 aromatic carbocycles. The van der Waals surface area contributed by atoms with Crippen LogP contribution in [0.15, 0.2) is 191 Å². The monoisotopic (exact) mass is 666 g/mol. The van der Waals surface area contributed by atoms with Crippen molar-refractivity contribution in [3.05, 3.63) is 182 Å². The Balaban J connectivity index is 1.22. The van der Waals surface area contributed by atoms with E-state index in [1.54, 1.807) is 0 Å². The van der Waals surface area contributed by atoms with Crippen LogP contribution >= 0.6 is 0 Å². The van der Waals surface area contributed by atoms with Gasteiger partial charge in [-0.3, -0.25) is 0 Å². The summed E-state index contributed by atoms with van der Waals surface area (Å²) in [6, 6.07) is 64.2. The van der Waals surface area contributed by atoms with Gasteiger partial charge in [0.05, 0.1) is 22.1 Å². The van der Waals surface area contributed by atoms with Gasteiger partial charge < -0.3 is 18.3 Å². The second-order valence-corrected chi connectivity index (χ2v) is 13.3. The van der Waals surface area contributed by atoms with Crippen molar-refractivity contribution in [1.29, 1.82) is 0 Å². The Morgan fingerprint density at radius 3 is 1.85 bits per heavy atom. The van der Waals surface area contributed by atoms with Crippen molar-refractivity contribution in [2.24, 2.45) is 0 Å². The third kappa shape index (κ3) is 4.28. The molecule has 244 valence electrons. The molecule has 0 aliphatic rings. The summed E-state index contributed by atoms with van der Waals surface area (Å²) in [4.78, 5) is 2.36. The molecule has 0 amide bonds. The standard InChI is InChI=1S/C48H30N2O2/c1-3-13-31(14-4-1)35-26-28-43(47-39-19-9-12-22-45(39)52-48(35)47)49(34-23-25-38-37-18-8-11-21-44(37)51-46(38)30-34)33-24-27-42-40(29-33)36-17-7-10-20-41(36)50(42)32-15-5-2-6-16-32/h1-30H. The SMILES string of the molecule is c1ccc(-c2ccc(N(c3ccc4c(c3)oc3ccccc34)c3ccc4c(c3)c3ccccc3n4-c3ccccc3)c3c2oc2ccccc23)cc1. The topological polar surface area (TPSA) is 34.5 Å². The first-order valence-electron chi connectivity index (χ1n) is 17.6. The molecule has 11 rings (SSSR count). The fourth-order valence-electron chi connectivity index (χ4n) is 8.08. The number of furan rings is 2. The first-order chi connectivity index (χ1) is 25.8. The maximum Gasteiger partial charge on any atom is 0.145 e. The van der Waals surface area contributed by atoms with E-state index in [1.165, 1.54) is 16.3 Å². The molecule has 3 heterocycles. The Morgan fingerprint density at radius 2 is 1.02 bits per heavy atom. The molecule has 0 unspecified atom stereocenters. The van der Waals surface area contributed by atoms with Crippen LogP contribution in [0.2, 0.25) is 0 Å².